The number of fused-ring (bicyclic) bond motifs is 1. The average Bonchev–Trinajstić information content (AvgIpc) is 3.12. The van der Waals surface area contributed by atoms with Crippen LogP contribution in [0.15, 0.2) is 65.6 Å². The molecule has 0 spiro atoms. The van der Waals surface area contributed by atoms with E-state index in [1.165, 1.54) is 28.5 Å². The van der Waals surface area contributed by atoms with Gasteiger partial charge in [0, 0.05) is 31.4 Å². The molecule has 1 aromatic heterocycles. The summed E-state index contributed by atoms with van der Waals surface area (Å²) in [4.78, 5) is 23.9. The lowest BCUT2D eigenvalue weighted by Gasteiger charge is -2.09. The summed E-state index contributed by atoms with van der Waals surface area (Å²) in [5.41, 5.74) is 4.32. The van der Waals surface area contributed by atoms with Crippen molar-refractivity contribution in [1.29, 1.82) is 0 Å². The molecule has 0 aliphatic carbocycles. The van der Waals surface area contributed by atoms with Crippen LogP contribution in [0.3, 0.4) is 0 Å². The number of anilines is 1. The zero-order valence-electron chi connectivity index (χ0n) is 14.4. The Bertz CT molecular complexity index is 1050. The van der Waals surface area contributed by atoms with Gasteiger partial charge in [-0.1, -0.05) is 18.2 Å². The molecule has 0 saturated heterocycles. The minimum atomic E-state index is -0.250. The highest BCUT2D eigenvalue weighted by Crippen LogP contribution is 2.31. The maximum absolute atomic E-state index is 12.4. The molecule has 1 aliphatic heterocycles. The summed E-state index contributed by atoms with van der Waals surface area (Å²) in [6.45, 7) is 0.731. The van der Waals surface area contributed by atoms with E-state index >= 15 is 0 Å². The third-order valence-electron chi connectivity index (χ3n) is 4.49. The highest BCUT2D eigenvalue weighted by atomic mass is 16.5. The van der Waals surface area contributed by atoms with Crippen LogP contribution in [0.2, 0.25) is 0 Å². The molecular weight excluding hydrogens is 328 g/mol. The Balaban J connectivity index is 1.58. The lowest BCUT2D eigenvalue weighted by atomic mass is 10.0. The minimum absolute atomic E-state index is 0.149. The molecule has 0 bridgehead atoms. The summed E-state index contributed by atoms with van der Waals surface area (Å²) < 4.78 is 6.94. The minimum Gasteiger partial charge on any atom is -0.493 e. The van der Waals surface area contributed by atoms with Crippen molar-refractivity contribution in [3.63, 3.8) is 0 Å². The maximum atomic E-state index is 12.4. The van der Waals surface area contributed by atoms with Crippen molar-refractivity contribution in [2.75, 3.05) is 11.9 Å². The van der Waals surface area contributed by atoms with Crippen molar-refractivity contribution < 1.29 is 9.53 Å². The zero-order valence-corrected chi connectivity index (χ0v) is 14.4. The van der Waals surface area contributed by atoms with Crippen LogP contribution in [-0.2, 0) is 13.5 Å². The Hall–Kier alpha value is -3.34. The summed E-state index contributed by atoms with van der Waals surface area (Å²) >= 11 is 0. The summed E-state index contributed by atoms with van der Waals surface area (Å²) in [6.07, 6.45) is 2.45. The van der Waals surface area contributed by atoms with Crippen LogP contribution >= 0.6 is 0 Å². The zero-order chi connectivity index (χ0) is 18.1. The average molecular weight is 346 g/mol. The van der Waals surface area contributed by atoms with Crippen molar-refractivity contribution in [1.82, 2.24) is 4.57 Å². The van der Waals surface area contributed by atoms with Gasteiger partial charge in [0.2, 0.25) is 5.56 Å². The van der Waals surface area contributed by atoms with E-state index in [0.29, 0.717) is 11.3 Å². The first-order valence-electron chi connectivity index (χ1n) is 8.44. The molecule has 0 radical (unpaired) electrons. The van der Waals surface area contributed by atoms with E-state index in [1.807, 2.05) is 36.4 Å². The first kappa shape index (κ1) is 16.1. The number of hydrogen-bond donors (Lipinski definition) is 1. The van der Waals surface area contributed by atoms with Crippen molar-refractivity contribution in [2.45, 2.75) is 6.42 Å². The first-order valence-corrected chi connectivity index (χ1v) is 8.44. The fourth-order valence-corrected chi connectivity index (χ4v) is 3.07. The molecule has 0 atom stereocenters. The summed E-state index contributed by atoms with van der Waals surface area (Å²) in [5, 5.41) is 2.89. The van der Waals surface area contributed by atoms with Gasteiger partial charge >= 0.3 is 0 Å². The Kier molecular flexibility index (Phi) is 4.05. The van der Waals surface area contributed by atoms with Gasteiger partial charge in [0.1, 0.15) is 5.75 Å². The number of rotatable bonds is 3. The van der Waals surface area contributed by atoms with Crippen LogP contribution in [-0.4, -0.2) is 17.1 Å². The second kappa shape index (κ2) is 6.52. The Morgan fingerprint density at radius 2 is 1.92 bits per heavy atom. The normalized spacial score (nSPS) is 12.3. The van der Waals surface area contributed by atoms with Crippen LogP contribution in [0.5, 0.6) is 5.75 Å². The number of amides is 1. The Labute approximate surface area is 150 Å². The van der Waals surface area contributed by atoms with E-state index in [0.717, 1.165) is 29.9 Å². The number of aromatic nitrogens is 1. The third-order valence-corrected chi connectivity index (χ3v) is 4.49. The van der Waals surface area contributed by atoms with Crippen LogP contribution in [0.1, 0.15) is 15.9 Å². The maximum Gasteiger partial charge on any atom is 0.257 e. The van der Waals surface area contributed by atoms with Crippen LogP contribution in [0, 0.1) is 0 Å². The van der Waals surface area contributed by atoms with Crippen LogP contribution < -0.4 is 15.6 Å². The van der Waals surface area contributed by atoms with Crippen LogP contribution in [0.25, 0.3) is 11.1 Å². The van der Waals surface area contributed by atoms with Gasteiger partial charge in [-0.2, -0.15) is 0 Å². The van der Waals surface area contributed by atoms with E-state index in [4.69, 9.17) is 4.74 Å². The molecule has 4 rings (SSSR count). The highest BCUT2D eigenvalue weighted by molar-refractivity contribution is 6.04. The Morgan fingerprint density at radius 1 is 1.08 bits per heavy atom. The fourth-order valence-electron chi connectivity index (χ4n) is 3.07. The third kappa shape index (κ3) is 3.11. The van der Waals surface area contributed by atoms with Gasteiger partial charge in [-0.05, 0) is 47.0 Å². The molecule has 5 heteroatoms. The van der Waals surface area contributed by atoms with E-state index in [2.05, 4.69) is 11.4 Å². The lowest BCUT2D eigenvalue weighted by molar-refractivity contribution is 0.102. The first-order chi connectivity index (χ1) is 12.6. The largest absolute Gasteiger partial charge is 0.493 e. The Morgan fingerprint density at radius 3 is 2.77 bits per heavy atom. The number of pyridine rings is 1. The molecule has 1 amide bonds. The van der Waals surface area contributed by atoms with Gasteiger partial charge in [0.25, 0.3) is 5.91 Å². The summed E-state index contributed by atoms with van der Waals surface area (Å²) in [5.74, 6) is 0.702. The van der Waals surface area contributed by atoms with Gasteiger partial charge in [-0.3, -0.25) is 9.59 Å². The van der Waals surface area contributed by atoms with Crippen molar-refractivity contribution >= 4 is 11.6 Å². The summed E-state index contributed by atoms with van der Waals surface area (Å²) in [7, 11) is 1.62. The molecule has 1 aliphatic rings. The highest BCUT2D eigenvalue weighted by Gasteiger charge is 2.13. The SMILES string of the molecule is Cn1cc(C(=O)Nc2cccc(-c3ccc4c(c3)CCO4)c2)ccc1=O. The van der Waals surface area contributed by atoms with Gasteiger partial charge in [0.05, 0.1) is 12.2 Å². The fraction of sp³-hybridized carbons (Fsp3) is 0.143. The van der Waals surface area contributed by atoms with Gasteiger partial charge in [0.15, 0.2) is 0 Å². The predicted octanol–water partition coefficient (Wildman–Crippen LogP) is 3.24. The number of carbonyl (C=O) groups excluding carboxylic acids is 1. The number of benzene rings is 2. The molecule has 3 aromatic rings. The van der Waals surface area contributed by atoms with E-state index < -0.39 is 0 Å². The van der Waals surface area contributed by atoms with Gasteiger partial charge in [-0.15, -0.1) is 0 Å². The number of nitrogens with zero attached hydrogens (tertiary/aromatic N) is 1. The monoisotopic (exact) mass is 346 g/mol. The number of ether oxygens (including phenoxy) is 1. The lowest BCUT2D eigenvalue weighted by Crippen LogP contribution is -2.19. The molecule has 1 N–H and O–H groups in total. The van der Waals surface area contributed by atoms with Gasteiger partial charge < -0.3 is 14.6 Å². The predicted molar refractivity (Wildman–Crippen MR) is 101 cm³/mol. The molecule has 130 valence electrons. The van der Waals surface area contributed by atoms with E-state index in [1.54, 1.807) is 7.05 Å². The summed E-state index contributed by atoms with van der Waals surface area (Å²) in [6, 6.07) is 16.8. The second-order valence-electron chi connectivity index (χ2n) is 6.32. The standard InChI is InChI=1S/C21H18N2O3/c1-23-13-17(6-8-20(23)24)21(25)22-18-4-2-3-14(12-18)15-5-7-19-16(11-15)9-10-26-19/h2-8,11-13H,9-10H2,1H3,(H,22,25). The van der Waals surface area contributed by atoms with E-state index in [-0.39, 0.29) is 11.5 Å². The van der Waals surface area contributed by atoms with Crippen LogP contribution in [0.4, 0.5) is 5.69 Å². The number of hydrogen-bond acceptors (Lipinski definition) is 3. The molecule has 26 heavy (non-hydrogen) atoms. The molecule has 5 nitrogen and oxygen atoms in total. The molecule has 0 fully saturated rings. The molecular formula is C21H18N2O3. The second-order valence-corrected chi connectivity index (χ2v) is 6.32. The number of aryl methyl sites for hydroxylation is 1. The topological polar surface area (TPSA) is 60.3 Å². The van der Waals surface area contributed by atoms with Crippen molar-refractivity contribution in [3.8, 4) is 16.9 Å². The molecule has 2 aromatic carbocycles. The van der Waals surface area contributed by atoms with Crippen molar-refractivity contribution in [2.24, 2.45) is 7.05 Å². The smallest absolute Gasteiger partial charge is 0.257 e. The molecule has 2 heterocycles. The molecule has 0 unspecified atom stereocenters. The molecule has 0 saturated carbocycles. The van der Waals surface area contributed by atoms with E-state index in [9.17, 15) is 9.59 Å². The quantitative estimate of drug-likeness (QED) is 0.792. The number of carbonyl (C=O) groups is 1. The van der Waals surface area contributed by atoms with Gasteiger partial charge in [-0.25, -0.2) is 0 Å². The number of nitrogens with one attached hydrogen (secondary N) is 1. The van der Waals surface area contributed by atoms with Crippen molar-refractivity contribution in [3.05, 3.63) is 82.3 Å².